The maximum Gasteiger partial charge on any atom is 0.260 e. The Kier molecular flexibility index (Phi) is 6.16. The van der Waals surface area contributed by atoms with Crippen molar-refractivity contribution in [3.63, 3.8) is 0 Å². The van der Waals surface area contributed by atoms with Gasteiger partial charge in [0.05, 0.1) is 0 Å². The van der Waals surface area contributed by atoms with E-state index >= 15 is 0 Å². The summed E-state index contributed by atoms with van der Waals surface area (Å²) in [7, 11) is 0. The molecular weight excluding hydrogens is 458 g/mol. The fraction of sp³-hybridized carbons (Fsp3) is 0.286. The quantitative estimate of drug-likeness (QED) is 0.522. The Labute approximate surface area is 181 Å². The monoisotopic (exact) mass is 475 g/mol. The number of amides is 1. The molecule has 0 saturated carbocycles. The van der Waals surface area contributed by atoms with Crippen LogP contribution >= 0.6 is 27.5 Å². The van der Waals surface area contributed by atoms with Crippen molar-refractivity contribution in [1.29, 1.82) is 0 Å². The second kappa shape index (κ2) is 8.97. The summed E-state index contributed by atoms with van der Waals surface area (Å²) < 4.78 is 12.0. The number of hydrogen-bond donors (Lipinski definition) is 0. The summed E-state index contributed by atoms with van der Waals surface area (Å²) in [5, 5.41) is 4.74. The first-order chi connectivity index (χ1) is 14.1. The van der Waals surface area contributed by atoms with Crippen molar-refractivity contribution in [2.45, 2.75) is 18.8 Å². The number of aromatic nitrogens is 2. The van der Waals surface area contributed by atoms with Crippen LogP contribution in [-0.2, 0) is 4.79 Å². The standard InChI is InChI=1S/C21H19BrClN3O3/c22-16-3-1-14(2-4-16)20-24-21(29-25-20)15-9-11-26(12-10-15)19(27)13-28-18-7-5-17(23)6-8-18/h1-8,15H,9-13H2. The lowest BCUT2D eigenvalue weighted by Gasteiger charge is -2.30. The molecular formula is C21H19BrClN3O3. The zero-order chi connectivity index (χ0) is 20.2. The fourth-order valence-corrected chi connectivity index (χ4v) is 3.65. The Bertz CT molecular complexity index is 968. The molecule has 1 aliphatic heterocycles. The highest BCUT2D eigenvalue weighted by Crippen LogP contribution is 2.29. The van der Waals surface area contributed by atoms with Crippen molar-refractivity contribution in [3.8, 4) is 17.1 Å². The summed E-state index contributed by atoms with van der Waals surface area (Å²) in [5.41, 5.74) is 0.912. The summed E-state index contributed by atoms with van der Waals surface area (Å²) in [5.74, 6) is 1.98. The predicted molar refractivity (Wildman–Crippen MR) is 113 cm³/mol. The SMILES string of the molecule is O=C(COc1ccc(Cl)cc1)N1CCC(c2nc(-c3ccc(Br)cc3)no2)CC1. The lowest BCUT2D eigenvalue weighted by Crippen LogP contribution is -2.40. The molecule has 0 atom stereocenters. The number of likely N-dealkylation sites (tertiary alicyclic amines) is 1. The minimum absolute atomic E-state index is 0.0145. The van der Waals surface area contributed by atoms with Gasteiger partial charge in [0.25, 0.3) is 5.91 Å². The molecule has 0 bridgehead atoms. The molecule has 1 fully saturated rings. The summed E-state index contributed by atoms with van der Waals surface area (Å²) >= 11 is 9.27. The summed E-state index contributed by atoms with van der Waals surface area (Å²) in [4.78, 5) is 18.8. The normalized spacial score (nSPS) is 14.8. The van der Waals surface area contributed by atoms with E-state index in [4.69, 9.17) is 20.9 Å². The van der Waals surface area contributed by atoms with E-state index in [-0.39, 0.29) is 18.4 Å². The summed E-state index contributed by atoms with van der Waals surface area (Å²) in [6.45, 7) is 1.30. The van der Waals surface area contributed by atoms with E-state index in [1.165, 1.54) is 0 Å². The number of carbonyl (C=O) groups excluding carboxylic acids is 1. The van der Waals surface area contributed by atoms with E-state index in [0.717, 1.165) is 22.9 Å². The third-order valence-corrected chi connectivity index (χ3v) is 5.70. The summed E-state index contributed by atoms with van der Waals surface area (Å²) in [6, 6.07) is 14.8. The Hall–Kier alpha value is -2.38. The van der Waals surface area contributed by atoms with Gasteiger partial charge in [0.15, 0.2) is 6.61 Å². The van der Waals surface area contributed by atoms with Crippen LogP contribution in [0.2, 0.25) is 5.02 Å². The van der Waals surface area contributed by atoms with Crippen LogP contribution in [0.3, 0.4) is 0 Å². The number of halogens is 2. The van der Waals surface area contributed by atoms with Gasteiger partial charge in [0.1, 0.15) is 5.75 Å². The molecule has 2 aromatic carbocycles. The fourth-order valence-electron chi connectivity index (χ4n) is 3.26. The third-order valence-electron chi connectivity index (χ3n) is 4.92. The molecule has 0 spiro atoms. The highest BCUT2D eigenvalue weighted by molar-refractivity contribution is 9.10. The number of hydrogen-bond acceptors (Lipinski definition) is 5. The van der Waals surface area contributed by atoms with E-state index in [1.54, 1.807) is 24.3 Å². The molecule has 6 nitrogen and oxygen atoms in total. The maximum absolute atomic E-state index is 12.4. The zero-order valence-corrected chi connectivity index (χ0v) is 17.9. The topological polar surface area (TPSA) is 68.5 Å². The van der Waals surface area contributed by atoms with E-state index in [1.807, 2.05) is 29.2 Å². The Balaban J connectivity index is 1.29. The molecule has 0 radical (unpaired) electrons. The average Bonchev–Trinajstić information content (AvgIpc) is 3.24. The number of carbonyl (C=O) groups is 1. The van der Waals surface area contributed by atoms with Crippen molar-refractivity contribution in [2.24, 2.45) is 0 Å². The molecule has 8 heteroatoms. The van der Waals surface area contributed by atoms with Gasteiger partial charge in [-0.3, -0.25) is 4.79 Å². The Morgan fingerprint density at radius 1 is 1.14 bits per heavy atom. The predicted octanol–water partition coefficient (Wildman–Crippen LogP) is 4.94. The van der Waals surface area contributed by atoms with Gasteiger partial charge < -0.3 is 14.2 Å². The smallest absolute Gasteiger partial charge is 0.260 e. The minimum atomic E-state index is -0.0283. The molecule has 1 aliphatic rings. The van der Waals surface area contributed by atoms with E-state index in [2.05, 4.69) is 26.1 Å². The lowest BCUT2D eigenvalue weighted by molar-refractivity contribution is -0.134. The van der Waals surface area contributed by atoms with Crippen LogP contribution in [0.4, 0.5) is 0 Å². The summed E-state index contributed by atoms with van der Waals surface area (Å²) in [6.07, 6.45) is 1.57. The second-order valence-corrected chi connectivity index (χ2v) is 8.21. The van der Waals surface area contributed by atoms with Crippen LogP contribution in [0.15, 0.2) is 57.5 Å². The number of rotatable bonds is 5. The van der Waals surface area contributed by atoms with Gasteiger partial charge in [-0.25, -0.2) is 0 Å². The van der Waals surface area contributed by atoms with Gasteiger partial charge in [0, 0.05) is 34.1 Å². The average molecular weight is 477 g/mol. The highest BCUT2D eigenvalue weighted by atomic mass is 79.9. The van der Waals surface area contributed by atoms with Gasteiger partial charge in [-0.15, -0.1) is 0 Å². The second-order valence-electron chi connectivity index (χ2n) is 6.86. The van der Waals surface area contributed by atoms with Gasteiger partial charge in [0.2, 0.25) is 11.7 Å². The van der Waals surface area contributed by atoms with Crippen LogP contribution in [0.25, 0.3) is 11.4 Å². The van der Waals surface area contributed by atoms with Crippen molar-refractivity contribution in [1.82, 2.24) is 15.0 Å². The van der Waals surface area contributed by atoms with Crippen LogP contribution in [0, 0.1) is 0 Å². The maximum atomic E-state index is 12.4. The number of benzene rings is 2. The van der Waals surface area contributed by atoms with Crippen molar-refractivity contribution >= 4 is 33.4 Å². The molecule has 1 saturated heterocycles. The van der Waals surface area contributed by atoms with Gasteiger partial charge in [-0.1, -0.05) is 32.7 Å². The largest absolute Gasteiger partial charge is 0.484 e. The van der Waals surface area contributed by atoms with Gasteiger partial charge >= 0.3 is 0 Å². The minimum Gasteiger partial charge on any atom is -0.484 e. The first-order valence-corrected chi connectivity index (χ1v) is 10.5. The van der Waals surface area contributed by atoms with Gasteiger partial charge in [-0.2, -0.15) is 4.98 Å². The van der Waals surface area contributed by atoms with Gasteiger partial charge in [-0.05, 0) is 61.4 Å². The molecule has 2 heterocycles. The molecule has 4 rings (SSSR count). The molecule has 3 aromatic rings. The zero-order valence-electron chi connectivity index (χ0n) is 15.6. The lowest BCUT2D eigenvalue weighted by atomic mass is 9.97. The van der Waals surface area contributed by atoms with E-state index in [0.29, 0.717) is 35.6 Å². The molecule has 1 amide bonds. The van der Waals surface area contributed by atoms with E-state index < -0.39 is 0 Å². The Morgan fingerprint density at radius 2 is 1.83 bits per heavy atom. The van der Waals surface area contributed by atoms with E-state index in [9.17, 15) is 4.79 Å². The molecule has 29 heavy (non-hydrogen) atoms. The molecule has 150 valence electrons. The van der Waals surface area contributed by atoms with Crippen molar-refractivity contribution in [3.05, 3.63) is 63.9 Å². The van der Waals surface area contributed by atoms with Crippen LogP contribution in [0.5, 0.6) is 5.75 Å². The number of piperidine rings is 1. The Morgan fingerprint density at radius 3 is 2.52 bits per heavy atom. The third kappa shape index (κ3) is 4.97. The molecule has 0 N–H and O–H groups in total. The van der Waals surface area contributed by atoms with Crippen LogP contribution in [-0.4, -0.2) is 40.6 Å². The molecule has 0 unspecified atom stereocenters. The first kappa shape index (κ1) is 19.9. The first-order valence-electron chi connectivity index (χ1n) is 9.34. The van der Waals surface area contributed by atoms with Crippen LogP contribution in [0.1, 0.15) is 24.7 Å². The molecule has 1 aromatic heterocycles. The van der Waals surface area contributed by atoms with Crippen molar-refractivity contribution < 1.29 is 14.1 Å². The number of ether oxygens (including phenoxy) is 1. The number of nitrogens with zero attached hydrogens (tertiary/aromatic N) is 3. The highest BCUT2D eigenvalue weighted by Gasteiger charge is 2.27. The van der Waals surface area contributed by atoms with Crippen LogP contribution < -0.4 is 4.74 Å². The molecule has 0 aliphatic carbocycles. The van der Waals surface area contributed by atoms with Crippen molar-refractivity contribution in [2.75, 3.05) is 19.7 Å².